The van der Waals surface area contributed by atoms with Crippen LogP contribution in [0.4, 0.5) is 11.4 Å². The lowest BCUT2D eigenvalue weighted by molar-refractivity contribution is -0.117. The van der Waals surface area contributed by atoms with E-state index in [9.17, 15) is 9.59 Å². The Labute approximate surface area is 116 Å². The summed E-state index contributed by atoms with van der Waals surface area (Å²) in [6.07, 6.45) is 5.24. The number of terminal acetylenes is 1. The van der Waals surface area contributed by atoms with Crippen LogP contribution in [0, 0.1) is 12.3 Å². The van der Waals surface area contributed by atoms with Crippen molar-refractivity contribution >= 4 is 34.8 Å². The molecule has 0 heterocycles. The van der Waals surface area contributed by atoms with Crippen LogP contribution in [0.5, 0.6) is 0 Å². The number of nitrogens with two attached hydrogens (primary N) is 1. The Morgan fingerprint density at radius 1 is 1.47 bits per heavy atom. The lowest BCUT2D eigenvalue weighted by Crippen LogP contribution is -2.35. The number of hydrogen-bond donors (Lipinski definition) is 3. The smallest absolute Gasteiger partial charge is 0.242 e. The maximum absolute atomic E-state index is 11.6. The maximum atomic E-state index is 11.6. The number of carbonyl (C=O) groups is 2. The van der Waals surface area contributed by atoms with E-state index in [1.165, 1.54) is 13.0 Å². The van der Waals surface area contributed by atoms with Crippen molar-refractivity contribution in [3.05, 3.63) is 23.2 Å². The molecule has 1 rings (SSSR count). The van der Waals surface area contributed by atoms with Crippen LogP contribution in [-0.2, 0) is 9.59 Å². The van der Waals surface area contributed by atoms with Crippen LogP contribution in [0.1, 0.15) is 13.3 Å². The lowest BCUT2D eigenvalue weighted by atomic mass is 10.2. The molecule has 0 saturated heterocycles. The zero-order valence-corrected chi connectivity index (χ0v) is 11.1. The van der Waals surface area contributed by atoms with E-state index >= 15 is 0 Å². The van der Waals surface area contributed by atoms with Gasteiger partial charge in [-0.1, -0.05) is 11.6 Å². The summed E-state index contributed by atoms with van der Waals surface area (Å²) >= 11 is 5.97. The highest BCUT2D eigenvalue weighted by Gasteiger charge is 2.12. The normalized spacial score (nSPS) is 11.3. The standard InChI is InChI=1S/C13H14ClN3O2/c1-3-4-11(15)13(19)17-9-5-6-12(10(14)7-9)16-8(2)18/h1,5-7,11H,4,15H2,2H3,(H,16,18)(H,17,19). The Balaban J connectivity index is 2.76. The summed E-state index contributed by atoms with van der Waals surface area (Å²) in [5.74, 6) is 1.70. The van der Waals surface area contributed by atoms with Crippen LogP contribution in [-0.4, -0.2) is 17.9 Å². The van der Waals surface area contributed by atoms with Crippen molar-refractivity contribution in [2.75, 3.05) is 10.6 Å². The molecule has 100 valence electrons. The average Bonchev–Trinajstić information content (AvgIpc) is 2.32. The highest BCUT2D eigenvalue weighted by molar-refractivity contribution is 6.34. The van der Waals surface area contributed by atoms with Crippen molar-refractivity contribution in [2.24, 2.45) is 5.73 Å². The molecule has 6 heteroatoms. The first-order valence-corrected chi connectivity index (χ1v) is 5.89. The van der Waals surface area contributed by atoms with Crippen LogP contribution in [0.15, 0.2) is 18.2 Å². The summed E-state index contributed by atoms with van der Waals surface area (Å²) < 4.78 is 0. The monoisotopic (exact) mass is 279 g/mol. The first kappa shape index (κ1) is 15.0. The predicted octanol–water partition coefficient (Wildman–Crippen LogP) is 1.59. The van der Waals surface area contributed by atoms with Crippen molar-refractivity contribution in [3.8, 4) is 12.3 Å². The molecular weight excluding hydrogens is 266 g/mol. The first-order chi connectivity index (χ1) is 8.93. The zero-order chi connectivity index (χ0) is 14.4. The minimum absolute atomic E-state index is 0.156. The second-order valence-corrected chi connectivity index (χ2v) is 4.29. The van der Waals surface area contributed by atoms with Crippen molar-refractivity contribution in [2.45, 2.75) is 19.4 Å². The molecule has 0 radical (unpaired) electrons. The third-order valence-corrected chi connectivity index (χ3v) is 2.53. The average molecular weight is 280 g/mol. The number of amides is 2. The highest BCUT2D eigenvalue weighted by atomic mass is 35.5. The molecule has 0 aromatic heterocycles. The van der Waals surface area contributed by atoms with Gasteiger partial charge in [0.15, 0.2) is 0 Å². The minimum Gasteiger partial charge on any atom is -0.325 e. The van der Waals surface area contributed by atoms with Gasteiger partial charge in [0.2, 0.25) is 11.8 Å². The number of anilines is 2. The molecule has 1 unspecified atom stereocenters. The third-order valence-electron chi connectivity index (χ3n) is 2.22. The van der Waals surface area contributed by atoms with Crippen LogP contribution in [0.2, 0.25) is 5.02 Å². The Morgan fingerprint density at radius 2 is 2.16 bits per heavy atom. The fourth-order valence-corrected chi connectivity index (χ4v) is 1.57. The number of nitrogens with one attached hydrogen (secondary N) is 2. The SMILES string of the molecule is C#CCC(N)C(=O)Nc1ccc(NC(C)=O)c(Cl)c1. The van der Waals surface area contributed by atoms with Gasteiger partial charge in [-0.25, -0.2) is 0 Å². The molecule has 19 heavy (non-hydrogen) atoms. The first-order valence-electron chi connectivity index (χ1n) is 5.51. The molecular formula is C13H14ClN3O2. The summed E-state index contributed by atoms with van der Waals surface area (Å²) in [4.78, 5) is 22.5. The molecule has 0 aliphatic heterocycles. The second-order valence-electron chi connectivity index (χ2n) is 3.88. The molecule has 4 N–H and O–H groups in total. The van der Waals surface area contributed by atoms with Gasteiger partial charge in [-0.15, -0.1) is 12.3 Å². The Kier molecular flexibility index (Phi) is 5.37. The lowest BCUT2D eigenvalue weighted by Gasteiger charge is -2.11. The Bertz CT molecular complexity index is 537. The van der Waals surface area contributed by atoms with E-state index in [1.807, 2.05) is 0 Å². The summed E-state index contributed by atoms with van der Waals surface area (Å²) in [5.41, 5.74) is 6.52. The molecule has 5 nitrogen and oxygen atoms in total. The van der Waals surface area contributed by atoms with Gasteiger partial charge in [0, 0.05) is 19.0 Å². The Morgan fingerprint density at radius 3 is 2.68 bits per heavy atom. The van der Waals surface area contributed by atoms with Crippen LogP contribution >= 0.6 is 11.6 Å². The van der Waals surface area contributed by atoms with Crippen molar-refractivity contribution in [3.63, 3.8) is 0 Å². The number of hydrogen-bond acceptors (Lipinski definition) is 3. The van der Waals surface area contributed by atoms with E-state index in [2.05, 4.69) is 16.6 Å². The fourth-order valence-electron chi connectivity index (χ4n) is 1.34. The number of carbonyl (C=O) groups excluding carboxylic acids is 2. The van der Waals surface area contributed by atoms with Gasteiger partial charge in [-0.05, 0) is 18.2 Å². The molecule has 1 aromatic rings. The predicted molar refractivity (Wildman–Crippen MR) is 75.8 cm³/mol. The van der Waals surface area contributed by atoms with Crippen molar-refractivity contribution in [1.29, 1.82) is 0 Å². The van der Waals surface area contributed by atoms with Gasteiger partial charge >= 0.3 is 0 Å². The van der Waals surface area contributed by atoms with Gasteiger partial charge in [-0.2, -0.15) is 0 Å². The summed E-state index contributed by atoms with van der Waals surface area (Å²) in [6.45, 7) is 1.38. The molecule has 0 fully saturated rings. The number of rotatable bonds is 4. The van der Waals surface area contributed by atoms with Crippen molar-refractivity contribution < 1.29 is 9.59 Å². The highest BCUT2D eigenvalue weighted by Crippen LogP contribution is 2.25. The topological polar surface area (TPSA) is 84.2 Å². The summed E-state index contributed by atoms with van der Waals surface area (Å²) in [5, 5.41) is 5.47. The molecule has 2 amide bonds. The van der Waals surface area contributed by atoms with Crippen LogP contribution < -0.4 is 16.4 Å². The molecule has 0 aliphatic carbocycles. The molecule has 1 aromatic carbocycles. The van der Waals surface area contributed by atoms with E-state index in [0.29, 0.717) is 16.4 Å². The minimum atomic E-state index is -0.765. The van der Waals surface area contributed by atoms with Crippen molar-refractivity contribution in [1.82, 2.24) is 0 Å². The van der Waals surface area contributed by atoms with E-state index in [0.717, 1.165) is 0 Å². The molecule has 1 atom stereocenters. The van der Waals surface area contributed by atoms with Gasteiger partial charge < -0.3 is 16.4 Å². The second kappa shape index (κ2) is 6.78. The van der Waals surface area contributed by atoms with E-state index < -0.39 is 6.04 Å². The van der Waals surface area contributed by atoms with Gasteiger partial charge in [0.1, 0.15) is 0 Å². The summed E-state index contributed by atoms with van der Waals surface area (Å²) in [6, 6.07) is 3.95. The van der Waals surface area contributed by atoms with E-state index in [-0.39, 0.29) is 18.2 Å². The zero-order valence-electron chi connectivity index (χ0n) is 10.4. The van der Waals surface area contributed by atoms with E-state index in [4.69, 9.17) is 23.8 Å². The summed E-state index contributed by atoms with van der Waals surface area (Å²) in [7, 11) is 0. The molecule has 0 bridgehead atoms. The van der Waals surface area contributed by atoms with Crippen LogP contribution in [0.25, 0.3) is 0 Å². The fraction of sp³-hybridized carbons (Fsp3) is 0.231. The Hall–Kier alpha value is -2.03. The van der Waals surface area contributed by atoms with Gasteiger partial charge in [0.25, 0.3) is 0 Å². The largest absolute Gasteiger partial charge is 0.325 e. The number of benzene rings is 1. The molecule has 0 spiro atoms. The van der Waals surface area contributed by atoms with Crippen LogP contribution in [0.3, 0.4) is 0 Å². The molecule has 0 saturated carbocycles. The number of halogens is 1. The maximum Gasteiger partial charge on any atom is 0.242 e. The quantitative estimate of drug-likeness (QED) is 0.732. The third kappa shape index (κ3) is 4.62. The van der Waals surface area contributed by atoms with Gasteiger partial charge in [-0.3, -0.25) is 9.59 Å². The molecule has 0 aliphatic rings. The van der Waals surface area contributed by atoms with Gasteiger partial charge in [0.05, 0.1) is 16.8 Å². The van der Waals surface area contributed by atoms with E-state index in [1.54, 1.807) is 12.1 Å².